The number of hydrogen-bond donors (Lipinski definition) is 2. The molecule has 1 saturated carbocycles. The van der Waals surface area contributed by atoms with Crippen LogP contribution in [0.25, 0.3) is 0 Å². The lowest BCUT2D eigenvalue weighted by Crippen LogP contribution is -2.51. The highest BCUT2D eigenvalue weighted by Gasteiger charge is 2.59. The molecule has 0 amide bonds. The van der Waals surface area contributed by atoms with Gasteiger partial charge in [-0.05, 0) is 24.5 Å². The monoisotopic (exact) mass is 489 g/mol. The first-order chi connectivity index (χ1) is 15.9. The zero-order valence-electron chi connectivity index (χ0n) is 18.9. The third-order valence-corrected chi connectivity index (χ3v) is 7.25. The number of halogens is 7. The molecule has 0 radical (unpaired) electrons. The Balaban J connectivity index is 1.62. The number of ether oxygens (including phenoxy) is 1. The van der Waals surface area contributed by atoms with E-state index in [9.17, 15) is 39.2 Å². The summed E-state index contributed by atoms with van der Waals surface area (Å²) in [7, 11) is -8.05. The number of anilines is 1. The third kappa shape index (κ3) is 3.64. The van der Waals surface area contributed by atoms with Gasteiger partial charge < -0.3 is 9.72 Å². The second kappa shape index (κ2) is 7.11. The van der Waals surface area contributed by atoms with Crippen molar-refractivity contribution >= 4 is 15.7 Å². The maximum Gasteiger partial charge on any atom is 0.417 e. The molecule has 2 aliphatic rings. The molecular weight excluding hydrogens is 469 g/mol. The first-order valence-corrected chi connectivity index (χ1v) is 10.7. The number of methoxy groups -OCH3 is 1. The number of hydrogen-bond acceptors (Lipinski definition) is 3. The molecule has 0 saturated heterocycles. The van der Waals surface area contributed by atoms with Crippen LogP contribution >= 0.6 is 0 Å². The molecule has 5 nitrogen and oxygen atoms in total. The van der Waals surface area contributed by atoms with Crippen molar-refractivity contribution in [3.8, 4) is 0 Å². The number of alkyl halides is 5. The number of nitrogens with one attached hydrogen (secondary N) is 2. The highest BCUT2D eigenvalue weighted by Crippen LogP contribution is 2.56. The van der Waals surface area contributed by atoms with Gasteiger partial charge in [0, 0.05) is 43.4 Å². The first kappa shape index (κ1) is 19.2. The van der Waals surface area contributed by atoms with Crippen LogP contribution in [0.2, 0.25) is 0 Å². The summed E-state index contributed by atoms with van der Waals surface area (Å²) in [5.74, 6) is -7.28. The number of benzene rings is 1. The van der Waals surface area contributed by atoms with E-state index in [2.05, 4.69) is 9.72 Å². The van der Waals surface area contributed by atoms with E-state index in [0.29, 0.717) is 12.1 Å². The van der Waals surface area contributed by atoms with Crippen LogP contribution < -0.4 is 4.72 Å². The van der Waals surface area contributed by atoms with E-state index in [-0.39, 0.29) is 11.3 Å². The number of fused-ring (bicyclic) bond motifs is 1. The van der Waals surface area contributed by atoms with E-state index in [1.54, 1.807) is 4.72 Å². The fourth-order valence-corrected chi connectivity index (χ4v) is 5.21. The lowest BCUT2D eigenvalue weighted by atomic mass is 9.83. The quantitative estimate of drug-likeness (QED) is 0.601. The zero-order chi connectivity index (χ0) is 26.2. The summed E-state index contributed by atoms with van der Waals surface area (Å²) < 4.78 is 149. The van der Waals surface area contributed by atoms with Crippen LogP contribution in [-0.4, -0.2) is 38.1 Å². The van der Waals surface area contributed by atoms with E-state index >= 15 is 0 Å². The summed E-state index contributed by atoms with van der Waals surface area (Å²) in [4.78, 5) is 1.80. The van der Waals surface area contributed by atoms with Crippen LogP contribution in [0.5, 0.6) is 0 Å². The summed E-state index contributed by atoms with van der Waals surface area (Å²) in [5.41, 5.74) is -4.94. The number of aromatic amines is 1. The van der Waals surface area contributed by atoms with E-state index in [1.807, 2.05) is 0 Å². The largest absolute Gasteiger partial charge is 0.417 e. The molecule has 4 rings (SSSR count). The van der Waals surface area contributed by atoms with Gasteiger partial charge in [-0.3, -0.25) is 4.72 Å². The van der Waals surface area contributed by atoms with Gasteiger partial charge in [0.2, 0.25) is 0 Å². The molecule has 32 heavy (non-hydrogen) atoms. The molecule has 1 aromatic carbocycles. The fourth-order valence-electron chi connectivity index (χ4n) is 3.89. The molecular formula is C19H17F7N2O3S. The number of H-pyrrole nitrogens is 1. The van der Waals surface area contributed by atoms with Crippen LogP contribution in [-0.2, 0) is 27.6 Å². The predicted octanol–water partition coefficient (Wildman–Crippen LogP) is 4.65. The fraction of sp³-hybridized carbons (Fsp3) is 0.474. The van der Waals surface area contributed by atoms with Gasteiger partial charge in [0.1, 0.15) is 16.5 Å². The molecule has 2 atom stereocenters. The lowest BCUT2D eigenvalue weighted by molar-refractivity contribution is -0.273. The minimum Gasteiger partial charge on any atom is -0.368 e. The Morgan fingerprint density at radius 1 is 1.25 bits per heavy atom. The van der Waals surface area contributed by atoms with E-state index in [0.717, 1.165) is 6.20 Å². The SMILES string of the molecule is [2H]C([2H])([2H])O[C@@]1(C(F)(F)F)CCc2c(S(=O)(=O)Nc3cc(F)c([C@H]4CC4(F)F)cc3F)c[nH]c2C1. The first-order valence-electron chi connectivity index (χ1n) is 10.7. The van der Waals surface area contributed by atoms with Crippen LogP contribution in [0.15, 0.2) is 23.2 Å². The molecule has 2 N–H and O–H groups in total. The highest BCUT2D eigenvalue weighted by molar-refractivity contribution is 7.92. The molecule has 1 fully saturated rings. The molecule has 1 heterocycles. The lowest BCUT2D eigenvalue weighted by Gasteiger charge is -2.37. The topological polar surface area (TPSA) is 71.2 Å². The molecule has 176 valence electrons. The average Bonchev–Trinajstić information content (AvgIpc) is 3.11. The summed E-state index contributed by atoms with van der Waals surface area (Å²) in [6.07, 6.45) is -7.42. The van der Waals surface area contributed by atoms with E-state index < -0.39 is 94.1 Å². The Hall–Kier alpha value is -2.28. The Morgan fingerprint density at radius 2 is 1.94 bits per heavy atom. The maximum absolute atomic E-state index is 14.4. The standard InChI is InChI=1S/C19H17F7N2O3S/c1-31-17(19(24,25)26)3-2-9-15(7-17)27-8-16(9)32(29,30)28-14-5-12(20)10(4-13(14)21)11-6-18(11,22)23/h4-5,8,11,27-28H,2-3,6-7H2,1H3/t11-,17+/m1/s1/i1D3. The second-order valence-corrected chi connectivity index (χ2v) is 9.51. The minimum absolute atomic E-state index is 0.110. The molecule has 0 aliphatic heterocycles. The van der Waals surface area contributed by atoms with Gasteiger partial charge in [-0.25, -0.2) is 26.0 Å². The van der Waals surface area contributed by atoms with Crippen molar-refractivity contribution in [1.29, 1.82) is 0 Å². The van der Waals surface area contributed by atoms with Crippen LogP contribution in [0.3, 0.4) is 0 Å². The van der Waals surface area contributed by atoms with Crippen LogP contribution in [0.1, 0.15) is 39.7 Å². The van der Waals surface area contributed by atoms with Gasteiger partial charge in [-0.15, -0.1) is 0 Å². The molecule has 0 unspecified atom stereocenters. The summed E-state index contributed by atoms with van der Waals surface area (Å²) >= 11 is 0. The van der Waals surface area contributed by atoms with Crippen molar-refractivity contribution in [1.82, 2.24) is 4.98 Å². The Kier molecular flexibility index (Phi) is 4.27. The Bertz CT molecular complexity index is 1280. The van der Waals surface area contributed by atoms with Gasteiger partial charge >= 0.3 is 6.18 Å². The van der Waals surface area contributed by atoms with Crippen molar-refractivity contribution in [2.45, 2.75) is 54.2 Å². The van der Waals surface area contributed by atoms with Gasteiger partial charge in [0.15, 0.2) is 5.60 Å². The molecule has 0 spiro atoms. The maximum atomic E-state index is 14.4. The van der Waals surface area contributed by atoms with Crippen LogP contribution in [0.4, 0.5) is 36.4 Å². The summed E-state index contributed by atoms with van der Waals surface area (Å²) in [5, 5.41) is 0. The Morgan fingerprint density at radius 3 is 2.53 bits per heavy atom. The van der Waals surface area contributed by atoms with Gasteiger partial charge in [0.25, 0.3) is 15.9 Å². The second-order valence-electron chi connectivity index (χ2n) is 7.86. The van der Waals surface area contributed by atoms with E-state index in [1.165, 1.54) is 0 Å². The van der Waals surface area contributed by atoms with Gasteiger partial charge in [-0.2, -0.15) is 13.2 Å². The predicted molar refractivity (Wildman–Crippen MR) is 98.1 cm³/mol. The van der Waals surface area contributed by atoms with Crippen molar-refractivity contribution in [3.05, 3.63) is 46.8 Å². The van der Waals surface area contributed by atoms with Crippen molar-refractivity contribution in [2.75, 3.05) is 11.8 Å². The van der Waals surface area contributed by atoms with Gasteiger partial charge in [0.05, 0.1) is 15.7 Å². The third-order valence-electron chi connectivity index (χ3n) is 5.81. The number of rotatable bonds is 5. The van der Waals surface area contributed by atoms with Crippen molar-refractivity contribution in [3.63, 3.8) is 0 Å². The number of sulfonamides is 1. The van der Waals surface area contributed by atoms with Crippen LogP contribution in [0, 0.1) is 11.6 Å². The molecule has 0 bridgehead atoms. The molecule has 1 aromatic heterocycles. The average molecular weight is 489 g/mol. The minimum atomic E-state index is -5.09. The molecule has 2 aromatic rings. The van der Waals surface area contributed by atoms with Crippen molar-refractivity contribution < 1.29 is 48.0 Å². The smallest absolute Gasteiger partial charge is 0.368 e. The van der Waals surface area contributed by atoms with Gasteiger partial charge in [-0.1, -0.05) is 0 Å². The normalized spacial score (nSPS) is 26.6. The summed E-state index contributed by atoms with van der Waals surface area (Å²) in [6.45, 7) is 0. The Labute approximate surface area is 182 Å². The molecule has 13 heteroatoms. The molecule has 2 aliphatic carbocycles. The van der Waals surface area contributed by atoms with Crippen molar-refractivity contribution in [2.24, 2.45) is 0 Å². The number of aromatic nitrogens is 1. The highest BCUT2D eigenvalue weighted by atomic mass is 32.2. The zero-order valence-corrected chi connectivity index (χ0v) is 16.7. The summed E-state index contributed by atoms with van der Waals surface area (Å²) in [6, 6.07) is 0.879. The van der Waals surface area contributed by atoms with E-state index in [4.69, 9.17) is 4.11 Å².